The lowest BCUT2D eigenvalue weighted by Crippen LogP contribution is -2.31. The molecule has 51 heavy (non-hydrogen) atoms. The summed E-state index contributed by atoms with van der Waals surface area (Å²) in [7, 11) is 0. The van der Waals surface area contributed by atoms with Gasteiger partial charge in [0.05, 0.1) is 0 Å². The van der Waals surface area contributed by atoms with Gasteiger partial charge in [-0.25, -0.2) is 0 Å². The van der Waals surface area contributed by atoms with E-state index >= 15 is 0 Å². The summed E-state index contributed by atoms with van der Waals surface area (Å²) in [6.45, 7) is 7.10. The van der Waals surface area contributed by atoms with E-state index in [2.05, 4.69) is 34.1 Å². The quantitative estimate of drug-likeness (QED) is 0.0918. The van der Waals surface area contributed by atoms with E-state index in [4.69, 9.17) is 14.2 Å². The minimum absolute atomic E-state index is 0.288. The van der Waals surface area contributed by atoms with Crippen molar-refractivity contribution in [2.45, 2.75) is 110 Å². The van der Waals surface area contributed by atoms with Crippen LogP contribution in [0, 0.1) is 5.92 Å². The number of carbonyl (C=O) groups is 3. The molecule has 272 valence electrons. The Balaban J connectivity index is 1.09. The molecule has 3 N–H and O–H groups in total. The van der Waals surface area contributed by atoms with E-state index in [0.717, 1.165) is 77.4 Å². The average Bonchev–Trinajstić information content (AvgIpc) is 3.09. The van der Waals surface area contributed by atoms with Crippen LogP contribution in [0.5, 0.6) is 17.2 Å². The standard InChI is InChI=1S/C42H53N3O6/c1-27(46)49-34-10-13-37-31(24-34)18-21-43-40(37)7-5-4-6-30(8-16-41-38-14-11-35(50-28(2)47)25-32(38)19-22-44-41)9-17-42-39-15-12-36(51-29(3)48)26-33(39)20-23-45-42/h10-15,24-26,30,40-45H,4-9,16-23H2,1-3H3. The Morgan fingerprint density at radius 3 is 1.29 bits per heavy atom. The summed E-state index contributed by atoms with van der Waals surface area (Å²) >= 11 is 0. The molecule has 3 atom stereocenters. The van der Waals surface area contributed by atoms with Crippen LogP contribution in [-0.2, 0) is 33.6 Å². The SMILES string of the molecule is CC(=O)Oc1ccc2c(c1)CCNC2CCCCC(CCC1NCCc2cc(OC(C)=O)ccc21)CCC1NCCc2cc(OC(C)=O)ccc21. The van der Waals surface area contributed by atoms with Crippen molar-refractivity contribution < 1.29 is 28.6 Å². The van der Waals surface area contributed by atoms with Crippen molar-refractivity contribution >= 4 is 17.9 Å². The average molecular weight is 696 g/mol. The number of carbonyl (C=O) groups excluding carboxylic acids is 3. The van der Waals surface area contributed by atoms with Gasteiger partial charge in [0, 0.05) is 38.9 Å². The zero-order chi connectivity index (χ0) is 35.7. The normalized spacial score (nSPS) is 19.9. The zero-order valence-corrected chi connectivity index (χ0v) is 30.4. The summed E-state index contributed by atoms with van der Waals surface area (Å²) in [6.07, 6.45) is 11.8. The topological polar surface area (TPSA) is 115 Å². The molecule has 0 spiro atoms. The Morgan fingerprint density at radius 1 is 0.549 bits per heavy atom. The van der Waals surface area contributed by atoms with E-state index < -0.39 is 0 Å². The van der Waals surface area contributed by atoms with Gasteiger partial charge in [0.25, 0.3) is 0 Å². The van der Waals surface area contributed by atoms with Gasteiger partial charge < -0.3 is 30.2 Å². The van der Waals surface area contributed by atoms with Gasteiger partial charge in [-0.2, -0.15) is 0 Å². The first-order valence-corrected chi connectivity index (χ1v) is 18.9. The first kappa shape index (κ1) is 36.7. The van der Waals surface area contributed by atoms with Crippen LogP contribution in [0.2, 0.25) is 0 Å². The molecule has 6 rings (SSSR count). The van der Waals surface area contributed by atoms with Gasteiger partial charge in [-0.3, -0.25) is 14.4 Å². The molecule has 3 aromatic carbocycles. The molecule has 0 amide bonds. The van der Waals surface area contributed by atoms with Gasteiger partial charge in [0.1, 0.15) is 17.2 Å². The highest BCUT2D eigenvalue weighted by Gasteiger charge is 2.25. The van der Waals surface area contributed by atoms with E-state index in [-0.39, 0.29) is 30.0 Å². The van der Waals surface area contributed by atoms with E-state index in [0.29, 0.717) is 29.2 Å². The molecule has 0 fully saturated rings. The van der Waals surface area contributed by atoms with Crippen LogP contribution in [0.15, 0.2) is 54.6 Å². The highest BCUT2D eigenvalue weighted by Crippen LogP contribution is 2.36. The number of hydrogen-bond donors (Lipinski definition) is 3. The lowest BCUT2D eigenvalue weighted by molar-refractivity contribution is -0.132. The molecule has 3 heterocycles. The van der Waals surface area contributed by atoms with Gasteiger partial charge in [0.2, 0.25) is 0 Å². The lowest BCUT2D eigenvalue weighted by Gasteiger charge is -2.31. The van der Waals surface area contributed by atoms with E-state index in [1.165, 1.54) is 67.0 Å². The van der Waals surface area contributed by atoms with E-state index in [1.807, 2.05) is 36.4 Å². The molecule has 0 aliphatic carbocycles. The van der Waals surface area contributed by atoms with Crippen molar-refractivity contribution in [3.05, 3.63) is 88.0 Å². The maximum Gasteiger partial charge on any atom is 0.308 e. The minimum atomic E-state index is -0.292. The minimum Gasteiger partial charge on any atom is -0.427 e. The van der Waals surface area contributed by atoms with Crippen molar-refractivity contribution in [1.29, 1.82) is 0 Å². The Hall–Kier alpha value is -4.05. The largest absolute Gasteiger partial charge is 0.427 e. The van der Waals surface area contributed by atoms with Crippen LogP contribution < -0.4 is 30.2 Å². The van der Waals surface area contributed by atoms with Gasteiger partial charge in [-0.15, -0.1) is 0 Å². The molecule has 9 heteroatoms. The number of esters is 3. The van der Waals surface area contributed by atoms with Gasteiger partial charge >= 0.3 is 17.9 Å². The number of nitrogens with one attached hydrogen (secondary N) is 3. The second-order valence-electron chi connectivity index (χ2n) is 14.4. The van der Waals surface area contributed by atoms with Crippen molar-refractivity contribution in [3.63, 3.8) is 0 Å². The van der Waals surface area contributed by atoms with Crippen molar-refractivity contribution in [2.24, 2.45) is 5.92 Å². The maximum absolute atomic E-state index is 11.5. The number of rotatable bonds is 14. The second kappa shape index (κ2) is 17.4. The number of fused-ring (bicyclic) bond motifs is 3. The lowest BCUT2D eigenvalue weighted by atomic mass is 9.83. The smallest absolute Gasteiger partial charge is 0.308 e. The highest BCUT2D eigenvalue weighted by molar-refractivity contribution is 5.70. The predicted molar refractivity (Wildman–Crippen MR) is 197 cm³/mol. The molecule has 0 saturated heterocycles. The monoisotopic (exact) mass is 695 g/mol. The fraction of sp³-hybridized carbons (Fsp3) is 0.500. The summed E-state index contributed by atoms with van der Waals surface area (Å²) in [5.74, 6) is 1.59. The zero-order valence-electron chi connectivity index (χ0n) is 30.4. The Bertz CT molecular complexity index is 1620. The molecule has 3 aliphatic rings. The first-order chi connectivity index (χ1) is 24.7. The summed E-state index contributed by atoms with van der Waals surface area (Å²) in [4.78, 5) is 34.6. The molecule has 3 unspecified atom stereocenters. The summed E-state index contributed by atoms with van der Waals surface area (Å²) < 4.78 is 16.1. The third-order valence-corrected chi connectivity index (χ3v) is 10.7. The Kier molecular flexibility index (Phi) is 12.6. The molecule has 3 aromatic rings. The van der Waals surface area contributed by atoms with Gasteiger partial charge in [0.15, 0.2) is 0 Å². The van der Waals surface area contributed by atoms with Crippen molar-refractivity contribution in [1.82, 2.24) is 16.0 Å². The number of ether oxygens (including phenoxy) is 3. The van der Waals surface area contributed by atoms with Crippen LogP contribution in [0.3, 0.4) is 0 Å². The third-order valence-electron chi connectivity index (χ3n) is 10.7. The van der Waals surface area contributed by atoms with Gasteiger partial charge in [-0.1, -0.05) is 37.5 Å². The molecule has 0 bridgehead atoms. The third kappa shape index (κ3) is 10.1. The molecule has 0 aromatic heterocycles. The van der Waals surface area contributed by atoms with Crippen LogP contribution in [-0.4, -0.2) is 37.5 Å². The van der Waals surface area contributed by atoms with E-state index in [9.17, 15) is 14.4 Å². The molecule has 0 saturated carbocycles. The highest BCUT2D eigenvalue weighted by atomic mass is 16.5. The fourth-order valence-corrected chi connectivity index (χ4v) is 8.37. The molecule has 9 nitrogen and oxygen atoms in total. The molecular formula is C42H53N3O6. The number of hydrogen-bond acceptors (Lipinski definition) is 9. The Morgan fingerprint density at radius 2 is 0.922 bits per heavy atom. The summed E-state index contributed by atoms with van der Waals surface area (Å²) in [5, 5.41) is 11.3. The van der Waals surface area contributed by atoms with Crippen molar-refractivity contribution in [2.75, 3.05) is 19.6 Å². The van der Waals surface area contributed by atoms with Crippen LogP contribution in [0.25, 0.3) is 0 Å². The number of benzene rings is 3. The van der Waals surface area contributed by atoms with Crippen molar-refractivity contribution in [3.8, 4) is 17.2 Å². The predicted octanol–water partition coefficient (Wildman–Crippen LogP) is 7.16. The summed E-state index contributed by atoms with van der Waals surface area (Å²) in [6, 6.07) is 19.2. The van der Waals surface area contributed by atoms with Gasteiger partial charge in [-0.05, 0) is 147 Å². The molecular weight excluding hydrogens is 642 g/mol. The number of unbranched alkanes of at least 4 members (excludes halogenated alkanes) is 1. The molecule has 3 aliphatic heterocycles. The Labute approximate surface area is 302 Å². The first-order valence-electron chi connectivity index (χ1n) is 18.9. The summed E-state index contributed by atoms with van der Waals surface area (Å²) in [5.41, 5.74) is 7.78. The fourth-order valence-electron chi connectivity index (χ4n) is 8.37. The van der Waals surface area contributed by atoms with E-state index in [1.54, 1.807) is 0 Å². The maximum atomic E-state index is 11.5. The second-order valence-corrected chi connectivity index (χ2v) is 14.4. The molecule has 0 radical (unpaired) electrons. The van der Waals surface area contributed by atoms with Crippen LogP contribution >= 0.6 is 0 Å². The van der Waals surface area contributed by atoms with Crippen LogP contribution in [0.1, 0.15) is 124 Å². The van der Waals surface area contributed by atoms with Crippen LogP contribution in [0.4, 0.5) is 0 Å².